The Hall–Kier alpha value is -4.57. The SMILES string of the molecule is COCCN1c2ccc3ccccc3c2C(C)(C)C1C=C1CCCC(C=CC2=[N+](CCOC)c3ccc4ccccc4c3C2(C)C)=C1Cl.Cc1ccc(S(=O)(=O)[O-])cc1. The topological polar surface area (TPSA) is 81.9 Å². The highest BCUT2D eigenvalue weighted by molar-refractivity contribution is 7.85. The molecule has 0 N–H and O–H groups in total. The number of allylic oxidation sites excluding steroid dienone is 5. The lowest BCUT2D eigenvalue weighted by atomic mass is 9.77. The summed E-state index contributed by atoms with van der Waals surface area (Å²) in [6, 6.07) is 32.6. The van der Waals surface area contributed by atoms with Gasteiger partial charge in [-0.05, 0) is 103 Å². The number of anilines is 1. The zero-order valence-corrected chi connectivity index (χ0v) is 36.8. The summed E-state index contributed by atoms with van der Waals surface area (Å²) in [4.78, 5) is 2.36. The number of rotatable bonds is 10. The fraction of sp³-hybridized carbons (Fsp3) is 0.340. The molecule has 1 unspecified atom stereocenters. The summed E-state index contributed by atoms with van der Waals surface area (Å²) in [6.07, 6.45) is 10.1. The van der Waals surface area contributed by atoms with E-state index in [1.54, 1.807) is 26.4 Å². The third-order valence-electron chi connectivity index (χ3n) is 12.3. The molecule has 0 saturated heterocycles. The number of halogens is 1. The zero-order valence-electron chi connectivity index (χ0n) is 35.2. The van der Waals surface area contributed by atoms with Crippen LogP contribution >= 0.6 is 11.6 Å². The molecule has 2 heterocycles. The first-order chi connectivity index (χ1) is 28.2. The number of benzene rings is 5. The van der Waals surface area contributed by atoms with Gasteiger partial charge in [0.05, 0.1) is 23.0 Å². The van der Waals surface area contributed by atoms with E-state index in [1.807, 2.05) is 6.92 Å². The molecule has 0 fully saturated rings. The van der Waals surface area contributed by atoms with Crippen LogP contribution in [0, 0.1) is 6.92 Å². The van der Waals surface area contributed by atoms with Crippen LogP contribution in [0.2, 0.25) is 0 Å². The average Bonchev–Trinajstić information content (AvgIpc) is 3.57. The number of nitrogens with zero attached hydrogens (tertiary/aromatic N) is 2. The summed E-state index contributed by atoms with van der Waals surface area (Å²) < 4.78 is 44.8. The molecule has 0 saturated carbocycles. The van der Waals surface area contributed by atoms with Crippen molar-refractivity contribution in [1.29, 1.82) is 0 Å². The van der Waals surface area contributed by atoms with Crippen LogP contribution in [0.5, 0.6) is 0 Å². The number of methoxy groups -OCH3 is 2. The Bertz CT molecular complexity index is 2620. The highest BCUT2D eigenvalue weighted by Gasteiger charge is 2.46. The molecule has 0 spiro atoms. The summed E-state index contributed by atoms with van der Waals surface area (Å²) in [5, 5.41) is 6.12. The molecule has 8 rings (SSSR count). The van der Waals surface area contributed by atoms with Crippen molar-refractivity contribution in [3.05, 3.63) is 148 Å². The van der Waals surface area contributed by atoms with Gasteiger partial charge < -0.3 is 18.9 Å². The zero-order chi connectivity index (χ0) is 42.1. The summed E-state index contributed by atoms with van der Waals surface area (Å²) >= 11 is 7.40. The second kappa shape index (κ2) is 17.2. The molecule has 1 atom stereocenters. The normalized spacial score (nSPS) is 19.2. The maximum Gasteiger partial charge on any atom is 0.210 e. The number of ether oxygens (including phenoxy) is 2. The molecular weight excluding hydrogens is 776 g/mol. The van der Waals surface area contributed by atoms with Crippen molar-refractivity contribution in [3.8, 4) is 0 Å². The predicted molar refractivity (Wildman–Crippen MR) is 242 cm³/mol. The van der Waals surface area contributed by atoms with Crippen LogP contribution in [-0.2, 0) is 30.4 Å². The van der Waals surface area contributed by atoms with Gasteiger partial charge >= 0.3 is 0 Å². The molecule has 0 aromatic heterocycles. The Balaban J connectivity index is 0.000000417. The number of hydrogen-bond acceptors (Lipinski definition) is 6. The van der Waals surface area contributed by atoms with E-state index in [0.29, 0.717) is 13.2 Å². The third kappa shape index (κ3) is 8.31. The van der Waals surface area contributed by atoms with Crippen molar-refractivity contribution in [1.82, 2.24) is 0 Å². The van der Waals surface area contributed by atoms with Crippen molar-refractivity contribution < 1.29 is 27.0 Å². The van der Waals surface area contributed by atoms with Gasteiger partial charge in [0, 0.05) is 54.6 Å². The Morgan fingerprint density at radius 2 is 1.44 bits per heavy atom. The Morgan fingerprint density at radius 3 is 2.08 bits per heavy atom. The van der Waals surface area contributed by atoms with Gasteiger partial charge in [0.1, 0.15) is 16.7 Å². The smallest absolute Gasteiger partial charge is 0.210 e. The van der Waals surface area contributed by atoms with Gasteiger partial charge in [0.15, 0.2) is 12.3 Å². The van der Waals surface area contributed by atoms with Gasteiger partial charge in [0.25, 0.3) is 0 Å². The number of hydrogen-bond donors (Lipinski definition) is 0. The van der Waals surface area contributed by atoms with Crippen LogP contribution in [0.15, 0.2) is 136 Å². The van der Waals surface area contributed by atoms with Gasteiger partial charge in [-0.25, -0.2) is 8.42 Å². The van der Waals surface area contributed by atoms with Crippen molar-refractivity contribution in [2.24, 2.45) is 0 Å². The van der Waals surface area contributed by atoms with Gasteiger partial charge in [-0.1, -0.05) is 110 Å². The van der Waals surface area contributed by atoms with E-state index >= 15 is 0 Å². The van der Waals surface area contributed by atoms with E-state index in [1.165, 1.54) is 73.0 Å². The van der Waals surface area contributed by atoms with Crippen LogP contribution in [0.4, 0.5) is 11.4 Å². The standard InChI is InChI=1S/C43H48ClN2O2.C7H8O3S/c1-42(2)37(45(24-26-47-5)35-21-18-29-12-7-9-16-33(29)39(35)42)23-20-31-14-11-15-32(41(31)44)28-38-43(3,4)40-34-17-10-8-13-30(34)19-22-36(40)46(38)25-27-48-6;1-6-2-4-7(5-3-6)11(8,9)10/h7-10,12-13,16-23,28,38H,11,14-15,24-27H2,1-6H3;2-5H,1H3,(H,8,9,10)/q+1;/p-1. The minimum absolute atomic E-state index is 0.109. The van der Waals surface area contributed by atoms with E-state index in [4.69, 9.17) is 21.1 Å². The molecule has 308 valence electrons. The molecule has 5 aromatic rings. The fourth-order valence-corrected chi connectivity index (χ4v) is 10.1. The monoisotopic (exact) mass is 830 g/mol. The van der Waals surface area contributed by atoms with Crippen LogP contribution in [0.1, 0.15) is 63.6 Å². The summed E-state index contributed by atoms with van der Waals surface area (Å²) in [5.41, 5.74) is 9.76. The first kappa shape index (κ1) is 42.6. The molecule has 59 heavy (non-hydrogen) atoms. The lowest BCUT2D eigenvalue weighted by Gasteiger charge is -2.34. The predicted octanol–water partition coefficient (Wildman–Crippen LogP) is 10.9. The Morgan fingerprint density at radius 1 is 0.814 bits per heavy atom. The van der Waals surface area contributed by atoms with Gasteiger partial charge in [-0.3, -0.25) is 0 Å². The van der Waals surface area contributed by atoms with Crippen molar-refractivity contribution >= 4 is 60.4 Å². The van der Waals surface area contributed by atoms with Crippen LogP contribution in [-0.4, -0.2) is 69.8 Å². The van der Waals surface area contributed by atoms with Crippen LogP contribution < -0.4 is 4.90 Å². The fourth-order valence-electron chi connectivity index (χ4n) is 9.35. The molecule has 9 heteroatoms. The summed E-state index contributed by atoms with van der Waals surface area (Å²) in [6.45, 7) is 14.3. The highest BCUT2D eigenvalue weighted by Crippen LogP contribution is 2.50. The Kier molecular flexibility index (Phi) is 12.4. The largest absolute Gasteiger partial charge is 0.744 e. The molecule has 5 aromatic carbocycles. The molecule has 0 radical (unpaired) electrons. The number of fused-ring (bicyclic) bond motifs is 6. The van der Waals surface area contributed by atoms with E-state index in [2.05, 4.69) is 128 Å². The van der Waals surface area contributed by atoms with E-state index in [-0.39, 0.29) is 21.8 Å². The second-order valence-corrected chi connectivity index (χ2v) is 18.6. The quantitative estimate of drug-likeness (QED) is 0.103. The first-order valence-corrected chi connectivity index (χ1v) is 22.2. The maximum absolute atomic E-state index is 10.4. The second-order valence-electron chi connectivity index (χ2n) is 16.9. The maximum atomic E-state index is 10.4. The third-order valence-corrected chi connectivity index (χ3v) is 13.6. The molecule has 7 nitrogen and oxygen atoms in total. The molecule has 2 aliphatic heterocycles. The van der Waals surface area contributed by atoms with Crippen molar-refractivity contribution in [2.75, 3.05) is 45.4 Å². The van der Waals surface area contributed by atoms with Crippen LogP contribution in [0.25, 0.3) is 21.5 Å². The molecule has 0 amide bonds. The minimum Gasteiger partial charge on any atom is -0.744 e. The molecule has 0 bridgehead atoms. The number of aryl methyl sites for hydroxylation is 1. The minimum atomic E-state index is -4.27. The van der Waals surface area contributed by atoms with Crippen molar-refractivity contribution in [2.45, 2.75) is 75.6 Å². The lowest BCUT2D eigenvalue weighted by Crippen LogP contribution is -2.42. The average molecular weight is 832 g/mol. The molecular formula is C50H55ClN2O5S. The molecule has 3 aliphatic rings. The van der Waals surface area contributed by atoms with Gasteiger partial charge in [0.2, 0.25) is 5.69 Å². The van der Waals surface area contributed by atoms with E-state index < -0.39 is 10.1 Å². The Labute approximate surface area is 355 Å². The summed E-state index contributed by atoms with van der Waals surface area (Å²) in [7, 11) is -0.702. The van der Waals surface area contributed by atoms with Gasteiger partial charge in [-0.15, -0.1) is 0 Å². The molecule has 1 aliphatic carbocycles. The van der Waals surface area contributed by atoms with E-state index in [9.17, 15) is 13.0 Å². The van der Waals surface area contributed by atoms with E-state index in [0.717, 1.165) is 42.9 Å². The van der Waals surface area contributed by atoms with Gasteiger partial charge in [-0.2, -0.15) is 4.58 Å². The van der Waals surface area contributed by atoms with Crippen LogP contribution in [0.3, 0.4) is 0 Å². The lowest BCUT2D eigenvalue weighted by molar-refractivity contribution is -0.441. The highest BCUT2D eigenvalue weighted by atomic mass is 35.5. The van der Waals surface area contributed by atoms with Crippen molar-refractivity contribution in [3.63, 3.8) is 0 Å². The summed E-state index contributed by atoms with van der Waals surface area (Å²) in [5.74, 6) is 0. The first-order valence-electron chi connectivity index (χ1n) is 20.4.